The fraction of sp³-hybridized carbons (Fsp3) is 0.333. The predicted octanol–water partition coefficient (Wildman–Crippen LogP) is 4.69. The zero-order valence-corrected chi connectivity index (χ0v) is 12.8. The zero-order chi connectivity index (χ0) is 14.8. The summed E-state index contributed by atoms with van der Waals surface area (Å²) in [6.45, 7) is 2.08. The lowest BCUT2D eigenvalue weighted by Crippen LogP contribution is -2.36. The van der Waals surface area contributed by atoms with E-state index >= 15 is 0 Å². The minimum Gasteiger partial charge on any atom is -0.307 e. The maximum atomic E-state index is 13.1. The Bertz CT molecular complexity index is 641. The number of aryl methyl sites for hydroxylation is 1. The average molecular weight is 304 g/mol. The SMILES string of the molecule is CC(NC1CCc2ccccc2C1)c1ccc(F)cc1Cl. The molecule has 3 rings (SSSR count). The van der Waals surface area contributed by atoms with Crippen LogP contribution in [0.3, 0.4) is 0 Å². The highest BCUT2D eigenvalue weighted by Crippen LogP contribution is 2.27. The fourth-order valence-electron chi connectivity index (χ4n) is 3.14. The number of benzene rings is 2. The van der Waals surface area contributed by atoms with Crippen LogP contribution in [0.1, 0.15) is 36.1 Å². The van der Waals surface area contributed by atoms with Crippen LogP contribution in [-0.4, -0.2) is 6.04 Å². The van der Waals surface area contributed by atoms with Crippen molar-refractivity contribution >= 4 is 11.6 Å². The van der Waals surface area contributed by atoms with Gasteiger partial charge in [-0.1, -0.05) is 41.9 Å². The molecule has 0 fully saturated rings. The molecule has 21 heavy (non-hydrogen) atoms. The molecular weight excluding hydrogens is 285 g/mol. The van der Waals surface area contributed by atoms with Crippen LogP contribution in [-0.2, 0) is 12.8 Å². The molecular formula is C18H19ClFN. The first-order valence-corrected chi connectivity index (χ1v) is 7.79. The number of hydrogen-bond donors (Lipinski definition) is 1. The van der Waals surface area contributed by atoms with E-state index in [1.807, 2.05) is 0 Å². The molecule has 1 aliphatic carbocycles. The van der Waals surface area contributed by atoms with Crippen LogP contribution in [0, 0.1) is 5.82 Å². The van der Waals surface area contributed by atoms with E-state index < -0.39 is 0 Å². The molecule has 1 aliphatic rings. The molecule has 0 bridgehead atoms. The van der Waals surface area contributed by atoms with Crippen molar-refractivity contribution in [2.24, 2.45) is 0 Å². The van der Waals surface area contributed by atoms with Gasteiger partial charge in [0.05, 0.1) is 0 Å². The van der Waals surface area contributed by atoms with Crippen molar-refractivity contribution in [1.82, 2.24) is 5.32 Å². The van der Waals surface area contributed by atoms with Crippen molar-refractivity contribution in [3.63, 3.8) is 0 Å². The van der Waals surface area contributed by atoms with Crippen molar-refractivity contribution in [3.8, 4) is 0 Å². The van der Waals surface area contributed by atoms with E-state index in [9.17, 15) is 4.39 Å². The monoisotopic (exact) mass is 303 g/mol. The summed E-state index contributed by atoms with van der Waals surface area (Å²) in [5.41, 5.74) is 3.85. The summed E-state index contributed by atoms with van der Waals surface area (Å²) < 4.78 is 13.1. The Kier molecular flexibility index (Phi) is 4.27. The molecule has 1 N–H and O–H groups in total. The first kappa shape index (κ1) is 14.6. The maximum Gasteiger partial charge on any atom is 0.124 e. The molecule has 0 saturated heterocycles. The smallest absolute Gasteiger partial charge is 0.124 e. The van der Waals surface area contributed by atoms with E-state index in [0.29, 0.717) is 11.1 Å². The molecule has 3 heteroatoms. The lowest BCUT2D eigenvalue weighted by Gasteiger charge is -2.29. The van der Waals surface area contributed by atoms with Crippen LogP contribution in [0.2, 0.25) is 5.02 Å². The summed E-state index contributed by atoms with van der Waals surface area (Å²) in [6.07, 6.45) is 3.28. The third-order valence-electron chi connectivity index (χ3n) is 4.26. The Labute approximate surface area is 130 Å². The highest BCUT2D eigenvalue weighted by atomic mass is 35.5. The molecule has 2 atom stereocenters. The van der Waals surface area contributed by atoms with Crippen molar-refractivity contribution < 1.29 is 4.39 Å². The Hall–Kier alpha value is -1.38. The second kappa shape index (κ2) is 6.17. The minimum absolute atomic E-state index is 0.119. The molecule has 1 nitrogen and oxygen atoms in total. The van der Waals surface area contributed by atoms with Gasteiger partial charge >= 0.3 is 0 Å². The highest BCUT2D eigenvalue weighted by Gasteiger charge is 2.21. The van der Waals surface area contributed by atoms with Crippen molar-refractivity contribution in [3.05, 3.63) is 70.0 Å². The second-order valence-corrected chi connectivity index (χ2v) is 6.17. The van der Waals surface area contributed by atoms with E-state index in [4.69, 9.17) is 11.6 Å². The van der Waals surface area contributed by atoms with E-state index in [0.717, 1.165) is 24.8 Å². The zero-order valence-electron chi connectivity index (χ0n) is 12.1. The quantitative estimate of drug-likeness (QED) is 0.867. The summed E-state index contributed by atoms with van der Waals surface area (Å²) >= 11 is 6.14. The maximum absolute atomic E-state index is 13.1. The number of fused-ring (bicyclic) bond motifs is 1. The van der Waals surface area contributed by atoms with Crippen LogP contribution in [0.15, 0.2) is 42.5 Å². The Morgan fingerprint density at radius 2 is 1.95 bits per heavy atom. The molecule has 0 amide bonds. The normalized spacial score (nSPS) is 19.1. The Balaban J connectivity index is 1.70. The summed E-state index contributed by atoms with van der Waals surface area (Å²) in [6, 6.07) is 13.8. The molecule has 0 heterocycles. The molecule has 2 unspecified atom stereocenters. The van der Waals surface area contributed by atoms with Crippen LogP contribution in [0.4, 0.5) is 4.39 Å². The first-order valence-electron chi connectivity index (χ1n) is 7.41. The second-order valence-electron chi connectivity index (χ2n) is 5.76. The van der Waals surface area contributed by atoms with Gasteiger partial charge in [0.25, 0.3) is 0 Å². The molecule has 0 aromatic heterocycles. The summed E-state index contributed by atoms with van der Waals surface area (Å²) in [7, 11) is 0. The van der Waals surface area contributed by atoms with E-state index in [-0.39, 0.29) is 11.9 Å². The van der Waals surface area contributed by atoms with Gasteiger partial charge in [-0.25, -0.2) is 4.39 Å². The summed E-state index contributed by atoms with van der Waals surface area (Å²) in [4.78, 5) is 0. The largest absolute Gasteiger partial charge is 0.307 e. The number of halogens is 2. The number of rotatable bonds is 3. The highest BCUT2D eigenvalue weighted by molar-refractivity contribution is 6.31. The lowest BCUT2D eigenvalue weighted by molar-refractivity contribution is 0.413. The molecule has 0 aliphatic heterocycles. The van der Waals surface area contributed by atoms with Crippen LogP contribution in [0.25, 0.3) is 0 Å². The van der Waals surface area contributed by atoms with Gasteiger partial charge in [-0.15, -0.1) is 0 Å². The van der Waals surface area contributed by atoms with Gasteiger partial charge in [0.1, 0.15) is 5.82 Å². The van der Waals surface area contributed by atoms with E-state index in [1.54, 1.807) is 6.07 Å². The Morgan fingerprint density at radius 1 is 1.19 bits per heavy atom. The van der Waals surface area contributed by atoms with Crippen molar-refractivity contribution in [1.29, 1.82) is 0 Å². The fourth-order valence-corrected chi connectivity index (χ4v) is 3.47. The minimum atomic E-state index is -0.289. The number of hydrogen-bond acceptors (Lipinski definition) is 1. The van der Waals surface area contributed by atoms with Gasteiger partial charge in [-0.2, -0.15) is 0 Å². The van der Waals surface area contributed by atoms with Gasteiger partial charge in [-0.3, -0.25) is 0 Å². The first-order chi connectivity index (χ1) is 10.1. The predicted molar refractivity (Wildman–Crippen MR) is 85.2 cm³/mol. The van der Waals surface area contributed by atoms with Gasteiger partial charge in [0, 0.05) is 17.1 Å². The molecule has 2 aromatic carbocycles. The van der Waals surface area contributed by atoms with Crippen LogP contribution in [0.5, 0.6) is 0 Å². The van der Waals surface area contributed by atoms with Gasteiger partial charge in [0.15, 0.2) is 0 Å². The standard InChI is InChI=1S/C18H19ClFN/c1-12(17-9-7-15(20)11-18(17)19)21-16-8-6-13-4-2-3-5-14(13)10-16/h2-5,7,9,11-12,16,21H,6,8,10H2,1H3. The molecule has 110 valence electrons. The molecule has 0 radical (unpaired) electrons. The molecule has 0 spiro atoms. The lowest BCUT2D eigenvalue weighted by atomic mass is 9.88. The summed E-state index contributed by atoms with van der Waals surface area (Å²) in [5.74, 6) is -0.289. The van der Waals surface area contributed by atoms with Gasteiger partial charge in [0.2, 0.25) is 0 Å². The third kappa shape index (κ3) is 3.28. The van der Waals surface area contributed by atoms with E-state index in [1.165, 1.54) is 23.3 Å². The van der Waals surface area contributed by atoms with Crippen molar-refractivity contribution in [2.45, 2.75) is 38.3 Å². The number of nitrogens with one attached hydrogen (secondary N) is 1. The van der Waals surface area contributed by atoms with Gasteiger partial charge in [-0.05, 0) is 55.0 Å². The summed E-state index contributed by atoms with van der Waals surface area (Å²) in [5, 5.41) is 4.12. The third-order valence-corrected chi connectivity index (χ3v) is 4.59. The van der Waals surface area contributed by atoms with Crippen LogP contribution >= 0.6 is 11.6 Å². The topological polar surface area (TPSA) is 12.0 Å². The van der Waals surface area contributed by atoms with Crippen molar-refractivity contribution in [2.75, 3.05) is 0 Å². The Morgan fingerprint density at radius 3 is 2.71 bits per heavy atom. The van der Waals surface area contributed by atoms with Gasteiger partial charge < -0.3 is 5.32 Å². The molecule has 2 aromatic rings. The van der Waals surface area contributed by atoms with Crippen LogP contribution < -0.4 is 5.32 Å². The van der Waals surface area contributed by atoms with E-state index in [2.05, 4.69) is 36.5 Å². The average Bonchev–Trinajstić information content (AvgIpc) is 2.47. The molecule has 0 saturated carbocycles.